The summed E-state index contributed by atoms with van der Waals surface area (Å²) in [4.78, 5) is 3.61. The van der Waals surface area contributed by atoms with Crippen LogP contribution >= 0.6 is 46.4 Å². The normalized spacial score (nSPS) is 11.6. The molecule has 2 aromatic rings. The van der Waals surface area contributed by atoms with Crippen molar-refractivity contribution >= 4 is 56.2 Å². The van der Waals surface area contributed by atoms with Crippen molar-refractivity contribution in [2.24, 2.45) is 0 Å². The maximum atomic E-state index is 12.3. The molecule has 0 N–H and O–H groups in total. The number of hydrogen-bond acceptors (Lipinski definition) is 3. The van der Waals surface area contributed by atoms with Crippen LogP contribution < -0.4 is 0 Å². The second-order valence-electron chi connectivity index (χ2n) is 3.51. The minimum atomic E-state index is -3.87. The van der Waals surface area contributed by atoms with Crippen molar-refractivity contribution < 1.29 is 8.42 Å². The van der Waals surface area contributed by atoms with E-state index in [4.69, 9.17) is 46.4 Å². The molecule has 0 aliphatic rings. The molecule has 1 aromatic carbocycles. The van der Waals surface area contributed by atoms with Crippen molar-refractivity contribution in [3.8, 4) is 0 Å². The van der Waals surface area contributed by atoms with Gasteiger partial charge in [0, 0.05) is 6.20 Å². The van der Waals surface area contributed by atoms with Crippen LogP contribution in [0, 0.1) is 0 Å². The first-order valence-electron chi connectivity index (χ1n) is 4.83. The highest BCUT2D eigenvalue weighted by atomic mass is 35.5. The van der Waals surface area contributed by atoms with Crippen LogP contribution in [0.25, 0.3) is 0 Å². The zero-order chi connectivity index (χ0) is 14.2. The van der Waals surface area contributed by atoms with Crippen molar-refractivity contribution in [3.63, 3.8) is 0 Å². The molecule has 0 saturated heterocycles. The van der Waals surface area contributed by atoms with Gasteiger partial charge in [-0.1, -0.05) is 46.4 Å². The summed E-state index contributed by atoms with van der Waals surface area (Å²) in [6, 6.07) is 5.18. The summed E-state index contributed by atoms with van der Waals surface area (Å²) < 4.78 is 24.7. The van der Waals surface area contributed by atoms with Gasteiger partial charge >= 0.3 is 0 Å². The Morgan fingerprint density at radius 3 is 2.11 bits per heavy atom. The summed E-state index contributed by atoms with van der Waals surface area (Å²) in [5, 5.41) is 0.413. The molecule has 1 heterocycles. The van der Waals surface area contributed by atoms with Crippen LogP contribution in [0.15, 0.2) is 40.4 Å². The van der Waals surface area contributed by atoms with Gasteiger partial charge < -0.3 is 0 Å². The SMILES string of the molecule is O=S(=O)(c1ccc(Cl)cn1)c1cc(Cl)c(Cl)cc1Cl. The monoisotopic (exact) mass is 355 g/mol. The van der Waals surface area contributed by atoms with Crippen LogP contribution in [-0.4, -0.2) is 13.4 Å². The molecule has 0 atom stereocenters. The number of halogens is 4. The third kappa shape index (κ3) is 2.98. The molecule has 2 rings (SSSR count). The lowest BCUT2D eigenvalue weighted by Crippen LogP contribution is -2.05. The van der Waals surface area contributed by atoms with Gasteiger partial charge in [0.05, 0.1) is 25.0 Å². The molecular formula is C11H5Cl4NO2S. The van der Waals surface area contributed by atoms with E-state index < -0.39 is 9.84 Å². The van der Waals surface area contributed by atoms with Crippen molar-refractivity contribution in [1.82, 2.24) is 4.98 Å². The topological polar surface area (TPSA) is 47.0 Å². The van der Waals surface area contributed by atoms with E-state index in [9.17, 15) is 8.42 Å². The van der Waals surface area contributed by atoms with E-state index >= 15 is 0 Å². The Bertz CT molecular complexity index is 729. The van der Waals surface area contributed by atoms with Crippen molar-refractivity contribution in [2.75, 3.05) is 0 Å². The molecule has 0 aliphatic heterocycles. The van der Waals surface area contributed by atoms with Crippen LogP contribution in [0.4, 0.5) is 0 Å². The summed E-state index contributed by atoms with van der Waals surface area (Å²) in [6.45, 7) is 0. The van der Waals surface area contributed by atoms with Gasteiger partial charge in [-0.05, 0) is 24.3 Å². The highest BCUT2D eigenvalue weighted by Gasteiger charge is 2.23. The molecule has 0 fully saturated rings. The van der Waals surface area contributed by atoms with Crippen LogP contribution in [-0.2, 0) is 9.84 Å². The van der Waals surface area contributed by atoms with Crippen LogP contribution in [0.5, 0.6) is 0 Å². The smallest absolute Gasteiger partial charge is 0.225 e. The number of nitrogens with zero attached hydrogens (tertiary/aromatic N) is 1. The van der Waals surface area contributed by atoms with Gasteiger partial charge in [0.25, 0.3) is 0 Å². The standard InChI is InChI=1S/C11H5Cl4NO2S/c12-6-1-2-11(16-5-6)19(17,18)10-4-8(14)7(13)3-9(10)15/h1-5H. The van der Waals surface area contributed by atoms with Crippen molar-refractivity contribution in [3.05, 3.63) is 50.6 Å². The lowest BCUT2D eigenvalue weighted by Gasteiger charge is -2.07. The zero-order valence-corrected chi connectivity index (χ0v) is 12.9. The van der Waals surface area contributed by atoms with Gasteiger partial charge in [0.15, 0.2) is 5.03 Å². The Hall–Kier alpha value is -0.520. The lowest BCUT2D eigenvalue weighted by molar-refractivity contribution is 0.592. The molecular weight excluding hydrogens is 352 g/mol. The fraction of sp³-hybridized carbons (Fsp3) is 0. The highest BCUT2D eigenvalue weighted by Crippen LogP contribution is 2.34. The second kappa shape index (κ2) is 5.46. The number of pyridine rings is 1. The minimum Gasteiger partial charge on any atom is -0.243 e. The maximum Gasteiger partial charge on any atom is 0.225 e. The first-order chi connectivity index (χ1) is 8.82. The molecule has 0 saturated carbocycles. The Balaban J connectivity index is 2.63. The molecule has 0 radical (unpaired) electrons. The molecule has 0 unspecified atom stereocenters. The van der Waals surface area contributed by atoms with Crippen LogP contribution in [0.1, 0.15) is 0 Å². The number of sulfone groups is 1. The highest BCUT2D eigenvalue weighted by molar-refractivity contribution is 7.91. The van der Waals surface area contributed by atoms with Gasteiger partial charge in [-0.3, -0.25) is 0 Å². The largest absolute Gasteiger partial charge is 0.243 e. The molecule has 1 aromatic heterocycles. The number of aromatic nitrogens is 1. The van der Waals surface area contributed by atoms with Crippen LogP contribution in [0.2, 0.25) is 20.1 Å². The second-order valence-corrected chi connectivity index (χ2v) is 7.04. The summed E-state index contributed by atoms with van der Waals surface area (Å²) in [7, 11) is -3.87. The average molecular weight is 357 g/mol. The Kier molecular flexibility index (Phi) is 4.28. The minimum absolute atomic E-state index is 0.0221. The van der Waals surface area contributed by atoms with E-state index in [0.29, 0.717) is 5.02 Å². The van der Waals surface area contributed by atoms with Crippen molar-refractivity contribution in [2.45, 2.75) is 9.92 Å². The van der Waals surface area contributed by atoms with E-state index in [1.54, 1.807) is 0 Å². The zero-order valence-electron chi connectivity index (χ0n) is 9.07. The number of rotatable bonds is 2. The molecule has 0 amide bonds. The molecule has 8 heteroatoms. The molecule has 3 nitrogen and oxygen atoms in total. The van der Waals surface area contributed by atoms with E-state index in [-0.39, 0.29) is 25.0 Å². The first-order valence-corrected chi connectivity index (χ1v) is 7.83. The summed E-state index contributed by atoms with van der Waals surface area (Å²) >= 11 is 23.1. The fourth-order valence-corrected chi connectivity index (χ4v) is 3.62. The number of hydrogen-bond donors (Lipinski definition) is 0. The summed E-state index contributed by atoms with van der Waals surface area (Å²) in [5.74, 6) is 0. The molecule has 0 bridgehead atoms. The van der Waals surface area contributed by atoms with E-state index in [1.165, 1.54) is 30.5 Å². The molecule has 100 valence electrons. The first kappa shape index (κ1) is 14.9. The van der Waals surface area contributed by atoms with Gasteiger partial charge in [-0.2, -0.15) is 0 Å². The molecule has 0 aliphatic carbocycles. The molecule has 0 spiro atoms. The van der Waals surface area contributed by atoms with Crippen LogP contribution in [0.3, 0.4) is 0 Å². The average Bonchev–Trinajstić information content (AvgIpc) is 2.34. The van der Waals surface area contributed by atoms with E-state index in [2.05, 4.69) is 4.98 Å². The lowest BCUT2D eigenvalue weighted by atomic mass is 10.4. The Labute approximate surface area is 130 Å². The van der Waals surface area contributed by atoms with E-state index in [0.717, 1.165) is 0 Å². The van der Waals surface area contributed by atoms with Gasteiger partial charge in [-0.15, -0.1) is 0 Å². The third-order valence-corrected chi connectivity index (χ3v) is 5.32. The molecule has 19 heavy (non-hydrogen) atoms. The fourth-order valence-electron chi connectivity index (χ4n) is 1.34. The van der Waals surface area contributed by atoms with Gasteiger partial charge in [0.2, 0.25) is 9.84 Å². The Morgan fingerprint density at radius 1 is 0.895 bits per heavy atom. The predicted octanol–water partition coefficient (Wildman–Crippen LogP) is 4.53. The Morgan fingerprint density at radius 2 is 1.53 bits per heavy atom. The third-order valence-electron chi connectivity index (χ3n) is 2.24. The van der Waals surface area contributed by atoms with Gasteiger partial charge in [0.1, 0.15) is 0 Å². The van der Waals surface area contributed by atoms with Crippen molar-refractivity contribution in [1.29, 1.82) is 0 Å². The van der Waals surface area contributed by atoms with Gasteiger partial charge in [-0.25, -0.2) is 13.4 Å². The van der Waals surface area contributed by atoms with E-state index in [1.807, 2.05) is 0 Å². The number of benzene rings is 1. The maximum absolute atomic E-state index is 12.3. The summed E-state index contributed by atoms with van der Waals surface area (Å²) in [6.07, 6.45) is 1.24. The summed E-state index contributed by atoms with van der Waals surface area (Å²) in [5.41, 5.74) is 0. The predicted molar refractivity (Wildman–Crippen MR) is 76.2 cm³/mol. The quantitative estimate of drug-likeness (QED) is 0.742.